The molecule has 4 rings (SSSR count). The summed E-state index contributed by atoms with van der Waals surface area (Å²) < 4.78 is 7.41. The molecule has 2 amide bonds. The van der Waals surface area contributed by atoms with Gasteiger partial charge in [0.05, 0.1) is 42.4 Å². The quantitative estimate of drug-likeness (QED) is 0.245. The first-order valence-corrected chi connectivity index (χ1v) is 12.1. The molecule has 0 bridgehead atoms. The van der Waals surface area contributed by atoms with E-state index in [2.05, 4.69) is 25.3 Å². The number of rotatable bonds is 13. The van der Waals surface area contributed by atoms with Crippen LogP contribution in [0.1, 0.15) is 50.4 Å². The second-order valence-electron chi connectivity index (χ2n) is 8.66. The van der Waals surface area contributed by atoms with Crippen LogP contribution in [0, 0.1) is 0 Å². The number of aromatic amines is 1. The van der Waals surface area contributed by atoms with Crippen LogP contribution in [0.2, 0.25) is 0 Å². The third kappa shape index (κ3) is 6.47. The molecule has 3 heterocycles. The molecule has 0 aliphatic rings. The second kappa shape index (κ2) is 12.0. The first-order chi connectivity index (χ1) is 17.5. The maximum absolute atomic E-state index is 12.7. The van der Waals surface area contributed by atoms with E-state index in [9.17, 15) is 9.59 Å². The molecular formula is C26H31N7O3. The topological polar surface area (TPSA) is 141 Å². The molecule has 10 nitrogen and oxygen atoms in total. The van der Waals surface area contributed by atoms with Gasteiger partial charge in [0, 0.05) is 37.2 Å². The first kappa shape index (κ1) is 24.9. The van der Waals surface area contributed by atoms with Crippen molar-refractivity contribution in [2.75, 3.05) is 7.11 Å². The number of pyridine rings is 1. The third-order valence-corrected chi connectivity index (χ3v) is 6.01. The van der Waals surface area contributed by atoms with Crippen molar-refractivity contribution in [3.63, 3.8) is 0 Å². The Balaban J connectivity index is 1.51. The van der Waals surface area contributed by atoms with Crippen LogP contribution in [-0.4, -0.2) is 43.4 Å². The fourth-order valence-electron chi connectivity index (χ4n) is 4.12. The van der Waals surface area contributed by atoms with Gasteiger partial charge in [-0.05, 0) is 25.0 Å². The number of methoxy groups -OCH3 is 1. The highest BCUT2D eigenvalue weighted by atomic mass is 16.5. The zero-order valence-corrected chi connectivity index (χ0v) is 20.3. The summed E-state index contributed by atoms with van der Waals surface area (Å²) in [4.78, 5) is 40.4. The number of primary amides is 1. The number of ether oxygens (including phenoxy) is 1. The predicted octanol–water partition coefficient (Wildman–Crippen LogP) is 3.51. The van der Waals surface area contributed by atoms with E-state index in [4.69, 9.17) is 10.5 Å². The first-order valence-electron chi connectivity index (χ1n) is 12.1. The normalized spacial score (nSPS) is 11.9. The molecule has 188 valence electrons. The lowest BCUT2D eigenvalue weighted by atomic mass is 10.1. The highest BCUT2D eigenvalue weighted by Crippen LogP contribution is 2.31. The Labute approximate surface area is 209 Å². The standard InChI is InChI=1S/C26H31N7O3/c1-36-26-19(15-18-7-5-6-8-20(18)32-26)22-16-29-25(31-22)21(9-3-2-4-10-23(27)34)30-24(35)11-13-33-14-12-28-17-33/h5-8,12,14-17,21H,2-4,9-11,13H2,1H3,(H2,27,34)(H,29,31)(H,30,35)/t21-/m0/s1. The minimum absolute atomic E-state index is 0.0752. The van der Waals surface area contributed by atoms with Gasteiger partial charge in [-0.25, -0.2) is 15.0 Å². The lowest BCUT2D eigenvalue weighted by molar-refractivity contribution is -0.122. The summed E-state index contributed by atoms with van der Waals surface area (Å²) in [7, 11) is 1.59. The van der Waals surface area contributed by atoms with Crippen LogP contribution in [-0.2, 0) is 16.1 Å². The Morgan fingerprint density at radius 3 is 2.83 bits per heavy atom. The molecule has 0 saturated carbocycles. The van der Waals surface area contributed by atoms with Gasteiger partial charge < -0.3 is 25.3 Å². The summed E-state index contributed by atoms with van der Waals surface area (Å²) in [6.45, 7) is 0.542. The lowest BCUT2D eigenvalue weighted by Crippen LogP contribution is -2.30. The van der Waals surface area contributed by atoms with Gasteiger partial charge in [0.1, 0.15) is 5.82 Å². The second-order valence-corrected chi connectivity index (χ2v) is 8.66. The van der Waals surface area contributed by atoms with Gasteiger partial charge in [-0.1, -0.05) is 31.0 Å². The number of carbonyl (C=O) groups is 2. The number of unbranched alkanes of at least 4 members (excludes halogenated alkanes) is 2. The summed E-state index contributed by atoms with van der Waals surface area (Å²) in [5, 5.41) is 4.10. The van der Waals surface area contributed by atoms with E-state index in [-0.39, 0.29) is 17.9 Å². The number of amides is 2. The average molecular weight is 490 g/mol. The minimum Gasteiger partial charge on any atom is -0.480 e. The van der Waals surface area contributed by atoms with Crippen molar-refractivity contribution in [1.29, 1.82) is 0 Å². The zero-order valence-electron chi connectivity index (χ0n) is 20.3. The molecule has 1 atom stereocenters. The summed E-state index contributed by atoms with van der Waals surface area (Å²) in [6, 6.07) is 9.55. The number of nitrogens with one attached hydrogen (secondary N) is 2. The maximum Gasteiger partial charge on any atom is 0.223 e. The van der Waals surface area contributed by atoms with Gasteiger partial charge in [0.15, 0.2) is 0 Å². The molecule has 10 heteroatoms. The van der Waals surface area contributed by atoms with Crippen LogP contribution in [0.4, 0.5) is 0 Å². The summed E-state index contributed by atoms with van der Waals surface area (Å²) >= 11 is 0. The van der Waals surface area contributed by atoms with Gasteiger partial charge in [0.25, 0.3) is 0 Å². The zero-order chi connectivity index (χ0) is 25.3. The number of imidazole rings is 2. The summed E-state index contributed by atoms with van der Waals surface area (Å²) in [6.07, 6.45) is 10.7. The number of nitrogens with zero attached hydrogens (tertiary/aromatic N) is 4. The van der Waals surface area contributed by atoms with Crippen LogP contribution in [0.3, 0.4) is 0 Å². The van der Waals surface area contributed by atoms with E-state index < -0.39 is 0 Å². The third-order valence-electron chi connectivity index (χ3n) is 6.01. The molecule has 36 heavy (non-hydrogen) atoms. The molecule has 3 aromatic heterocycles. The minimum atomic E-state index is -0.304. The molecule has 1 aromatic carbocycles. The van der Waals surface area contributed by atoms with Crippen molar-refractivity contribution in [2.24, 2.45) is 5.73 Å². The van der Waals surface area contributed by atoms with Crippen molar-refractivity contribution in [2.45, 2.75) is 51.1 Å². The maximum atomic E-state index is 12.7. The van der Waals surface area contributed by atoms with Crippen molar-refractivity contribution in [1.82, 2.24) is 29.8 Å². The molecule has 0 aliphatic carbocycles. The number of benzene rings is 1. The molecule has 4 aromatic rings. The number of nitrogens with two attached hydrogens (primary N) is 1. The van der Waals surface area contributed by atoms with Gasteiger partial charge in [-0.15, -0.1) is 0 Å². The molecule has 0 aliphatic heterocycles. The van der Waals surface area contributed by atoms with Crippen molar-refractivity contribution in [3.8, 4) is 17.1 Å². The Hall–Kier alpha value is -4.21. The molecular weight excluding hydrogens is 458 g/mol. The Morgan fingerprint density at radius 1 is 1.19 bits per heavy atom. The highest BCUT2D eigenvalue weighted by molar-refractivity contribution is 5.85. The molecule has 0 saturated heterocycles. The largest absolute Gasteiger partial charge is 0.480 e. The SMILES string of the molecule is COc1nc2ccccc2cc1-c1cnc([C@H](CCCCCC(N)=O)NC(=O)CCn2ccnc2)[nH]1. The fraction of sp³-hybridized carbons (Fsp3) is 0.346. The number of H-pyrrole nitrogens is 1. The highest BCUT2D eigenvalue weighted by Gasteiger charge is 2.20. The Morgan fingerprint density at radius 2 is 2.06 bits per heavy atom. The van der Waals surface area contributed by atoms with Gasteiger partial charge in [-0.2, -0.15) is 0 Å². The van der Waals surface area contributed by atoms with Crippen LogP contribution >= 0.6 is 0 Å². The summed E-state index contributed by atoms with van der Waals surface area (Å²) in [5.41, 5.74) is 7.64. The predicted molar refractivity (Wildman–Crippen MR) is 136 cm³/mol. The van der Waals surface area contributed by atoms with Crippen LogP contribution in [0.25, 0.3) is 22.2 Å². The van der Waals surface area contributed by atoms with E-state index in [0.29, 0.717) is 37.5 Å². The molecule has 0 spiro atoms. The van der Waals surface area contributed by atoms with Crippen molar-refractivity contribution in [3.05, 3.63) is 61.1 Å². The van der Waals surface area contributed by atoms with Gasteiger partial charge in [-0.3, -0.25) is 9.59 Å². The number of hydrogen-bond donors (Lipinski definition) is 3. The van der Waals surface area contributed by atoms with Crippen LogP contribution in [0.5, 0.6) is 5.88 Å². The van der Waals surface area contributed by atoms with Gasteiger partial charge >= 0.3 is 0 Å². The number of aryl methyl sites for hydroxylation is 1. The van der Waals surface area contributed by atoms with E-state index in [0.717, 1.165) is 41.4 Å². The Kier molecular flexibility index (Phi) is 8.28. The van der Waals surface area contributed by atoms with E-state index in [1.807, 2.05) is 41.1 Å². The number of fused-ring (bicyclic) bond motifs is 1. The number of aromatic nitrogens is 5. The monoisotopic (exact) mass is 489 g/mol. The van der Waals surface area contributed by atoms with E-state index >= 15 is 0 Å². The van der Waals surface area contributed by atoms with Crippen molar-refractivity contribution >= 4 is 22.7 Å². The Bertz CT molecular complexity index is 1300. The van der Waals surface area contributed by atoms with Gasteiger partial charge in [0.2, 0.25) is 17.7 Å². The van der Waals surface area contributed by atoms with Crippen molar-refractivity contribution < 1.29 is 14.3 Å². The average Bonchev–Trinajstić information content (AvgIpc) is 3.58. The number of para-hydroxylation sites is 1. The van der Waals surface area contributed by atoms with Crippen LogP contribution in [0.15, 0.2) is 55.2 Å². The molecule has 4 N–H and O–H groups in total. The fourth-order valence-corrected chi connectivity index (χ4v) is 4.12. The lowest BCUT2D eigenvalue weighted by Gasteiger charge is -2.17. The van der Waals surface area contributed by atoms with E-state index in [1.54, 1.807) is 25.8 Å². The van der Waals surface area contributed by atoms with E-state index in [1.165, 1.54) is 0 Å². The smallest absolute Gasteiger partial charge is 0.223 e. The van der Waals surface area contributed by atoms with Crippen LogP contribution < -0.4 is 15.8 Å². The molecule has 0 fully saturated rings. The number of carbonyl (C=O) groups excluding carboxylic acids is 2. The number of hydrogen-bond acceptors (Lipinski definition) is 6. The molecule has 0 unspecified atom stereocenters. The molecule has 0 radical (unpaired) electrons. The summed E-state index contributed by atoms with van der Waals surface area (Å²) in [5.74, 6) is 0.782.